The number of thioether (sulfide) groups is 1. The maximum Gasteiger partial charge on any atom is 0.224 e. The number of carbonyl (C=O) groups is 1. The molecule has 1 fully saturated rings. The zero-order valence-corrected chi connectivity index (χ0v) is 7.78. The third-order valence-electron chi connectivity index (χ3n) is 1.61. The van der Waals surface area contributed by atoms with Crippen LogP contribution < -0.4 is 0 Å². The van der Waals surface area contributed by atoms with Gasteiger partial charge in [0.15, 0.2) is 0 Å². The first-order chi connectivity index (χ1) is 4.66. The lowest BCUT2D eigenvalue weighted by molar-refractivity contribution is -0.124. The summed E-state index contributed by atoms with van der Waals surface area (Å²) in [5, 5.41) is 0.146. The van der Waals surface area contributed by atoms with Gasteiger partial charge in [-0.25, -0.2) is 0 Å². The van der Waals surface area contributed by atoms with Crippen LogP contribution in [0.25, 0.3) is 0 Å². The summed E-state index contributed by atoms with van der Waals surface area (Å²) >= 11 is 5.85. The van der Waals surface area contributed by atoms with Crippen LogP contribution in [0.2, 0.25) is 0 Å². The van der Waals surface area contributed by atoms with Gasteiger partial charge in [0, 0.05) is 0 Å². The lowest BCUT2D eigenvalue weighted by Crippen LogP contribution is -2.29. The van der Waals surface area contributed by atoms with Gasteiger partial charge >= 0.3 is 0 Å². The monoisotopic (exact) mass is 175 g/mol. The van der Waals surface area contributed by atoms with E-state index in [0.29, 0.717) is 0 Å². The largest absolute Gasteiger partial charge is 0.374 e. The summed E-state index contributed by atoms with van der Waals surface area (Å²) in [4.78, 5) is 12.9. The molecule has 0 N–H and O–H groups in total. The predicted octanol–water partition coefficient (Wildman–Crippen LogP) is 0.102. The van der Waals surface area contributed by atoms with E-state index in [4.69, 9.17) is 0 Å². The van der Waals surface area contributed by atoms with Crippen LogP contribution >= 0.6 is 24.4 Å². The summed E-state index contributed by atoms with van der Waals surface area (Å²) < 4.78 is 0.0671. The third kappa shape index (κ3) is 1.30. The Morgan fingerprint density at radius 3 is 2.70 bits per heavy atom. The van der Waals surface area contributed by atoms with E-state index in [1.54, 1.807) is 24.6 Å². The van der Waals surface area contributed by atoms with Crippen molar-refractivity contribution in [3.63, 3.8) is 0 Å². The number of amides is 1. The van der Waals surface area contributed by atoms with E-state index in [1.807, 2.05) is 6.92 Å². The van der Waals surface area contributed by atoms with Gasteiger partial charge in [-0.2, -0.15) is 0 Å². The Balaban J connectivity index is 2.62. The van der Waals surface area contributed by atoms with E-state index in [-0.39, 0.29) is 15.9 Å². The van der Waals surface area contributed by atoms with Crippen molar-refractivity contribution in [3.05, 3.63) is 0 Å². The minimum atomic E-state index is 0.0671. The first-order valence-electron chi connectivity index (χ1n) is 3.27. The van der Waals surface area contributed by atoms with Crippen molar-refractivity contribution in [3.8, 4) is 0 Å². The molecule has 1 rings (SSSR count). The maximum absolute atomic E-state index is 11.2. The highest BCUT2D eigenvalue weighted by Gasteiger charge is 2.33. The molecule has 5 heteroatoms. The van der Waals surface area contributed by atoms with Gasteiger partial charge in [0.25, 0.3) is 0 Å². The Morgan fingerprint density at radius 1 is 1.90 bits per heavy atom. The molecule has 0 radical (unpaired) electrons. The molecule has 0 spiro atoms. The Kier molecular flexibility index (Phi) is 2.58. The number of rotatable bonds is 1. The summed E-state index contributed by atoms with van der Waals surface area (Å²) in [7, 11) is 1.79. The molecular formula is C5H10BNOS2. The van der Waals surface area contributed by atoms with Crippen LogP contribution in [0.4, 0.5) is 0 Å². The Labute approximate surface area is 71.6 Å². The van der Waals surface area contributed by atoms with Crippen LogP contribution in [0.15, 0.2) is 0 Å². The molecule has 1 heterocycles. The van der Waals surface area contributed by atoms with Crippen molar-refractivity contribution in [2.75, 3.05) is 0 Å². The molecule has 0 aromatic heterocycles. The zero-order chi connectivity index (χ0) is 7.72. The average molecular weight is 175 g/mol. The molecule has 1 unspecified atom stereocenters. The molecule has 0 aromatic carbocycles. The molecule has 1 saturated heterocycles. The molecule has 1 aliphatic heterocycles. The second-order valence-electron chi connectivity index (χ2n) is 2.31. The van der Waals surface area contributed by atoms with E-state index in [9.17, 15) is 4.79 Å². The van der Waals surface area contributed by atoms with Gasteiger partial charge in [0.1, 0.15) is 4.71 Å². The van der Waals surface area contributed by atoms with Crippen molar-refractivity contribution in [2.45, 2.75) is 23.3 Å². The van der Waals surface area contributed by atoms with Crippen LogP contribution in [0.3, 0.4) is 0 Å². The maximum atomic E-state index is 11.2. The first kappa shape index (κ1) is 8.33. The SMILES string of the molecule is BN1C(=O)[C@H](CC)SC1S. The fraction of sp³-hybridized carbons (Fsp3) is 0.800. The van der Waals surface area contributed by atoms with Gasteiger partial charge in [-0.15, -0.1) is 24.4 Å². The number of nitrogens with zero attached hydrogens (tertiary/aromatic N) is 1. The second-order valence-corrected chi connectivity index (χ2v) is 4.43. The van der Waals surface area contributed by atoms with Gasteiger partial charge in [-0.3, -0.25) is 4.79 Å². The molecule has 0 bridgehead atoms. The van der Waals surface area contributed by atoms with E-state index >= 15 is 0 Å². The highest BCUT2D eigenvalue weighted by Crippen LogP contribution is 2.33. The van der Waals surface area contributed by atoms with Gasteiger partial charge < -0.3 is 4.81 Å². The summed E-state index contributed by atoms with van der Waals surface area (Å²) in [6.07, 6.45) is 0.908. The number of hydrogen-bond acceptors (Lipinski definition) is 3. The number of carbonyl (C=O) groups excluding carboxylic acids is 1. The van der Waals surface area contributed by atoms with Crippen molar-refractivity contribution < 1.29 is 4.79 Å². The third-order valence-corrected chi connectivity index (χ3v) is 3.75. The summed E-state index contributed by atoms with van der Waals surface area (Å²) in [6.45, 7) is 2.02. The standard InChI is InChI=1S/C5H10BNOS2/c1-2-3-4(8)7(6)5(9)10-3/h3,5,9H,2,6H2,1H3/t3-,5?/m0/s1. The molecule has 1 amide bonds. The summed E-state index contributed by atoms with van der Waals surface area (Å²) in [6, 6.07) is 0. The predicted molar refractivity (Wildman–Crippen MR) is 49.8 cm³/mol. The van der Waals surface area contributed by atoms with E-state index < -0.39 is 0 Å². The fourth-order valence-electron chi connectivity index (χ4n) is 0.903. The van der Waals surface area contributed by atoms with E-state index in [0.717, 1.165) is 6.42 Å². The van der Waals surface area contributed by atoms with Gasteiger partial charge in [-0.1, -0.05) is 6.92 Å². The van der Waals surface area contributed by atoms with Crippen molar-refractivity contribution in [1.82, 2.24) is 4.81 Å². The van der Waals surface area contributed by atoms with Crippen LogP contribution in [0, 0.1) is 0 Å². The molecule has 56 valence electrons. The van der Waals surface area contributed by atoms with Gasteiger partial charge in [0.2, 0.25) is 13.9 Å². The fourth-order valence-corrected chi connectivity index (χ4v) is 2.51. The van der Waals surface area contributed by atoms with Gasteiger partial charge in [0.05, 0.1) is 5.25 Å². The highest BCUT2D eigenvalue weighted by atomic mass is 32.2. The molecule has 0 saturated carbocycles. The lowest BCUT2D eigenvalue weighted by Gasteiger charge is -2.12. The van der Waals surface area contributed by atoms with Crippen LogP contribution in [-0.4, -0.2) is 28.7 Å². The summed E-state index contributed by atoms with van der Waals surface area (Å²) in [5.74, 6) is 0.215. The number of thiol groups is 1. The van der Waals surface area contributed by atoms with Crippen molar-refractivity contribution in [1.29, 1.82) is 0 Å². The van der Waals surface area contributed by atoms with Crippen LogP contribution in [-0.2, 0) is 4.79 Å². The van der Waals surface area contributed by atoms with E-state index in [2.05, 4.69) is 12.6 Å². The lowest BCUT2D eigenvalue weighted by atomic mass is 10.2. The number of hydrogen-bond donors (Lipinski definition) is 1. The quantitative estimate of drug-likeness (QED) is 0.450. The Bertz CT molecular complexity index is 155. The topological polar surface area (TPSA) is 20.3 Å². The molecular weight excluding hydrogens is 165 g/mol. The minimum Gasteiger partial charge on any atom is -0.374 e. The molecule has 0 aliphatic carbocycles. The molecule has 10 heavy (non-hydrogen) atoms. The smallest absolute Gasteiger partial charge is 0.224 e. The zero-order valence-electron chi connectivity index (χ0n) is 6.07. The normalized spacial score (nSPS) is 33.4. The highest BCUT2D eigenvalue weighted by molar-refractivity contribution is 8.11. The first-order valence-corrected chi connectivity index (χ1v) is 4.73. The Hall–Kier alpha value is 0.235. The molecule has 2 nitrogen and oxygen atoms in total. The van der Waals surface area contributed by atoms with Crippen molar-refractivity contribution >= 4 is 38.3 Å². The second kappa shape index (κ2) is 3.09. The average Bonchev–Trinajstić information content (AvgIpc) is 2.17. The Morgan fingerprint density at radius 2 is 2.50 bits per heavy atom. The van der Waals surface area contributed by atoms with Crippen molar-refractivity contribution in [2.24, 2.45) is 0 Å². The van der Waals surface area contributed by atoms with Gasteiger partial charge in [-0.05, 0) is 6.42 Å². The summed E-state index contributed by atoms with van der Waals surface area (Å²) in [5.41, 5.74) is 0. The van der Waals surface area contributed by atoms with Crippen LogP contribution in [0.1, 0.15) is 13.3 Å². The van der Waals surface area contributed by atoms with Crippen LogP contribution in [0.5, 0.6) is 0 Å². The minimum absolute atomic E-state index is 0.0671. The molecule has 0 aromatic rings. The molecule has 1 aliphatic rings. The van der Waals surface area contributed by atoms with E-state index in [1.165, 1.54) is 0 Å². The molecule has 2 atom stereocenters.